The summed E-state index contributed by atoms with van der Waals surface area (Å²) in [7, 11) is 4.36. The predicted octanol–water partition coefficient (Wildman–Crippen LogP) is 2.47. The zero-order chi connectivity index (χ0) is 12.7. The third-order valence-corrected chi connectivity index (χ3v) is 3.60. The lowest BCUT2D eigenvalue weighted by Crippen LogP contribution is -2.42. The van der Waals surface area contributed by atoms with Crippen molar-refractivity contribution in [2.45, 2.75) is 39.3 Å². The van der Waals surface area contributed by atoms with Crippen molar-refractivity contribution >= 4 is 0 Å². The quantitative estimate of drug-likeness (QED) is 0.728. The number of aromatic nitrogens is 1. The number of rotatable bonds is 8. The van der Waals surface area contributed by atoms with Gasteiger partial charge in [0.1, 0.15) is 0 Å². The molecule has 0 spiro atoms. The maximum absolute atomic E-state index is 3.56. The van der Waals surface area contributed by atoms with Crippen LogP contribution in [0.3, 0.4) is 0 Å². The van der Waals surface area contributed by atoms with Gasteiger partial charge in [-0.05, 0) is 31.6 Å². The highest BCUT2D eigenvalue weighted by molar-refractivity contribution is 5.07. The Bertz CT molecular complexity index is 276. The Morgan fingerprint density at radius 3 is 2.47 bits per heavy atom. The highest BCUT2D eigenvalue weighted by Crippen LogP contribution is 2.16. The Kier molecular flexibility index (Phi) is 6.30. The van der Waals surface area contributed by atoms with Gasteiger partial charge in [-0.3, -0.25) is 0 Å². The summed E-state index contributed by atoms with van der Waals surface area (Å²) in [5.41, 5.74) is 1.33. The predicted molar refractivity (Wildman–Crippen MR) is 74.0 cm³/mol. The smallest absolute Gasteiger partial charge is 0.0242 e. The Morgan fingerprint density at radius 2 is 2.00 bits per heavy atom. The van der Waals surface area contributed by atoms with E-state index >= 15 is 0 Å². The molecule has 1 heterocycles. The van der Waals surface area contributed by atoms with Crippen molar-refractivity contribution in [3.05, 3.63) is 24.0 Å². The largest absolute Gasteiger partial charge is 0.367 e. The van der Waals surface area contributed by atoms with Crippen LogP contribution >= 0.6 is 0 Å². The fourth-order valence-electron chi connectivity index (χ4n) is 2.44. The maximum Gasteiger partial charge on any atom is 0.0242 e. The lowest BCUT2D eigenvalue weighted by molar-refractivity contribution is 0.194. The molecule has 0 bridgehead atoms. The Morgan fingerprint density at radius 1 is 1.29 bits per heavy atom. The molecule has 0 aliphatic heterocycles. The minimum absolute atomic E-state index is 0.629. The Hall–Kier alpha value is -0.800. The van der Waals surface area contributed by atoms with Gasteiger partial charge in [0.15, 0.2) is 0 Å². The highest BCUT2D eigenvalue weighted by atomic mass is 15.1. The molecule has 98 valence electrons. The Balaban J connectivity index is 2.39. The molecule has 0 aromatic carbocycles. The number of hydrogen-bond donors (Lipinski definition) is 2. The fourth-order valence-corrected chi connectivity index (χ4v) is 2.44. The van der Waals surface area contributed by atoms with Crippen molar-refractivity contribution in [2.75, 3.05) is 20.6 Å². The molecule has 1 atom stereocenters. The van der Waals surface area contributed by atoms with Crippen LogP contribution in [-0.4, -0.2) is 36.6 Å². The first-order chi connectivity index (χ1) is 8.19. The second-order valence-electron chi connectivity index (χ2n) is 4.96. The van der Waals surface area contributed by atoms with Crippen LogP contribution in [0, 0.1) is 5.92 Å². The van der Waals surface area contributed by atoms with Gasteiger partial charge in [-0.1, -0.05) is 26.7 Å². The summed E-state index contributed by atoms with van der Waals surface area (Å²) in [5, 5.41) is 3.56. The average molecular weight is 237 g/mol. The summed E-state index contributed by atoms with van der Waals surface area (Å²) in [5.74, 6) is 0.781. The van der Waals surface area contributed by atoms with Crippen LogP contribution in [0.5, 0.6) is 0 Å². The van der Waals surface area contributed by atoms with Crippen molar-refractivity contribution in [3.63, 3.8) is 0 Å². The van der Waals surface area contributed by atoms with Crippen LogP contribution in [-0.2, 0) is 6.54 Å². The first-order valence-electron chi connectivity index (χ1n) is 6.67. The van der Waals surface area contributed by atoms with Crippen molar-refractivity contribution < 1.29 is 0 Å². The lowest BCUT2D eigenvalue weighted by Gasteiger charge is -2.31. The number of likely N-dealkylation sites (N-methyl/N-ethyl adjacent to an activating group) is 1. The molecule has 0 saturated carbocycles. The molecule has 0 fully saturated rings. The normalized spacial score (nSPS) is 13.5. The first kappa shape index (κ1) is 14.3. The van der Waals surface area contributed by atoms with Crippen molar-refractivity contribution in [2.24, 2.45) is 5.92 Å². The molecule has 1 unspecified atom stereocenters. The molecule has 1 rings (SSSR count). The van der Waals surface area contributed by atoms with Crippen LogP contribution in [0.1, 0.15) is 32.3 Å². The fraction of sp³-hybridized carbons (Fsp3) is 0.714. The van der Waals surface area contributed by atoms with Gasteiger partial charge in [-0.25, -0.2) is 0 Å². The van der Waals surface area contributed by atoms with Crippen molar-refractivity contribution in [1.82, 2.24) is 15.2 Å². The minimum Gasteiger partial charge on any atom is -0.367 e. The van der Waals surface area contributed by atoms with Gasteiger partial charge in [-0.15, -0.1) is 0 Å². The first-order valence-corrected chi connectivity index (χ1v) is 6.67. The molecule has 0 saturated heterocycles. The van der Waals surface area contributed by atoms with E-state index in [0.717, 1.165) is 19.0 Å². The van der Waals surface area contributed by atoms with E-state index < -0.39 is 0 Å². The van der Waals surface area contributed by atoms with Gasteiger partial charge in [0, 0.05) is 31.5 Å². The van der Waals surface area contributed by atoms with Crippen molar-refractivity contribution in [3.8, 4) is 0 Å². The molecule has 3 heteroatoms. The SMILES string of the molecule is CCC(CC)C(CNCc1cc[nH]c1)N(C)C. The van der Waals surface area contributed by atoms with E-state index in [4.69, 9.17) is 0 Å². The molecule has 2 N–H and O–H groups in total. The molecule has 0 radical (unpaired) electrons. The zero-order valence-corrected chi connectivity index (χ0v) is 11.7. The second-order valence-corrected chi connectivity index (χ2v) is 4.96. The van der Waals surface area contributed by atoms with Gasteiger partial charge in [0.05, 0.1) is 0 Å². The van der Waals surface area contributed by atoms with E-state index in [1.165, 1.54) is 18.4 Å². The van der Waals surface area contributed by atoms with Gasteiger partial charge in [0.2, 0.25) is 0 Å². The molecule has 1 aromatic rings. The number of nitrogens with zero attached hydrogens (tertiary/aromatic N) is 1. The summed E-state index contributed by atoms with van der Waals surface area (Å²) in [4.78, 5) is 5.43. The van der Waals surface area contributed by atoms with Crippen molar-refractivity contribution in [1.29, 1.82) is 0 Å². The van der Waals surface area contributed by atoms with Crippen LogP contribution < -0.4 is 5.32 Å². The molecule has 1 aromatic heterocycles. The number of hydrogen-bond acceptors (Lipinski definition) is 2. The second kappa shape index (κ2) is 7.51. The third kappa shape index (κ3) is 4.52. The lowest BCUT2D eigenvalue weighted by atomic mass is 9.93. The van der Waals surface area contributed by atoms with Gasteiger partial charge in [0.25, 0.3) is 0 Å². The van der Waals surface area contributed by atoms with Crippen LogP contribution in [0.4, 0.5) is 0 Å². The summed E-state index contributed by atoms with van der Waals surface area (Å²) in [6.45, 7) is 6.59. The molecule has 3 nitrogen and oxygen atoms in total. The topological polar surface area (TPSA) is 31.1 Å². The summed E-state index contributed by atoms with van der Waals surface area (Å²) in [6.07, 6.45) is 6.53. The van der Waals surface area contributed by atoms with E-state index in [2.05, 4.69) is 55.4 Å². The monoisotopic (exact) mass is 237 g/mol. The van der Waals surface area contributed by atoms with Gasteiger partial charge >= 0.3 is 0 Å². The molecule has 0 aliphatic carbocycles. The molecular weight excluding hydrogens is 210 g/mol. The van der Waals surface area contributed by atoms with E-state index in [-0.39, 0.29) is 0 Å². The molecule has 17 heavy (non-hydrogen) atoms. The number of H-pyrrole nitrogens is 1. The van der Waals surface area contributed by atoms with Gasteiger partial charge in [-0.2, -0.15) is 0 Å². The highest BCUT2D eigenvalue weighted by Gasteiger charge is 2.19. The van der Waals surface area contributed by atoms with E-state index in [0.29, 0.717) is 6.04 Å². The zero-order valence-electron chi connectivity index (χ0n) is 11.7. The van der Waals surface area contributed by atoms with E-state index in [9.17, 15) is 0 Å². The third-order valence-electron chi connectivity index (χ3n) is 3.60. The Labute approximate surface area is 106 Å². The van der Waals surface area contributed by atoms with Crippen LogP contribution in [0.15, 0.2) is 18.5 Å². The van der Waals surface area contributed by atoms with Crippen LogP contribution in [0.25, 0.3) is 0 Å². The average Bonchev–Trinajstić information content (AvgIpc) is 2.81. The maximum atomic E-state index is 3.56. The summed E-state index contributed by atoms with van der Waals surface area (Å²) < 4.78 is 0. The summed E-state index contributed by atoms with van der Waals surface area (Å²) in [6, 6.07) is 2.75. The van der Waals surface area contributed by atoms with E-state index in [1.807, 2.05) is 6.20 Å². The number of aromatic amines is 1. The molecule has 0 aliphatic rings. The molecule has 0 amide bonds. The van der Waals surface area contributed by atoms with Gasteiger partial charge < -0.3 is 15.2 Å². The van der Waals surface area contributed by atoms with E-state index in [1.54, 1.807) is 0 Å². The minimum atomic E-state index is 0.629. The van der Waals surface area contributed by atoms with Crippen LogP contribution in [0.2, 0.25) is 0 Å². The molecular formula is C14H27N3. The summed E-state index contributed by atoms with van der Waals surface area (Å²) >= 11 is 0. The standard InChI is InChI=1S/C14H27N3/c1-5-13(6-2)14(17(3)4)11-16-10-12-7-8-15-9-12/h7-9,13-16H,5-6,10-11H2,1-4H3. The number of nitrogens with one attached hydrogen (secondary N) is 2.